The number of benzene rings is 1. The summed E-state index contributed by atoms with van der Waals surface area (Å²) >= 11 is 0. The van der Waals surface area contributed by atoms with Crippen LogP contribution in [0.1, 0.15) is 42.5 Å². The molecule has 2 N–H and O–H groups in total. The highest BCUT2D eigenvalue weighted by Gasteiger charge is 2.17. The van der Waals surface area contributed by atoms with Gasteiger partial charge in [-0.1, -0.05) is 18.2 Å². The Morgan fingerprint density at radius 3 is 2.87 bits per heavy atom. The van der Waals surface area contributed by atoms with Gasteiger partial charge in [0.25, 0.3) is 0 Å². The molecule has 2 atom stereocenters. The maximum Gasteiger partial charge on any atom is 0.315 e. The van der Waals surface area contributed by atoms with Crippen molar-refractivity contribution in [3.63, 3.8) is 0 Å². The summed E-state index contributed by atoms with van der Waals surface area (Å²) in [4.78, 5) is 12.0. The van der Waals surface area contributed by atoms with E-state index in [9.17, 15) is 4.79 Å². The molecule has 0 aromatic heterocycles. The van der Waals surface area contributed by atoms with Crippen LogP contribution in [-0.4, -0.2) is 38.5 Å². The number of carbonyl (C=O) groups is 1. The predicted molar refractivity (Wildman–Crippen MR) is 88.6 cm³/mol. The lowest BCUT2D eigenvalue weighted by Crippen LogP contribution is -2.44. The van der Waals surface area contributed by atoms with Crippen LogP contribution in [0.4, 0.5) is 4.79 Å². The molecule has 1 saturated heterocycles. The standard InChI is InChI=1S/C18H26N2O3/c1-13(15-7-6-14-4-2-3-5-16(14)10-15)20-18(21)19-11-17-12-22-8-9-23-17/h6-7,10,13,17H,2-5,8-9,11-12H2,1H3,(H2,19,20,21)/t13-,17-/m0/s1. The molecule has 1 heterocycles. The van der Waals surface area contributed by atoms with E-state index in [0.717, 1.165) is 12.0 Å². The molecule has 0 bridgehead atoms. The lowest BCUT2D eigenvalue weighted by Gasteiger charge is -2.24. The van der Waals surface area contributed by atoms with Gasteiger partial charge in [0.05, 0.1) is 32.0 Å². The smallest absolute Gasteiger partial charge is 0.315 e. The first-order valence-electron chi connectivity index (χ1n) is 8.58. The van der Waals surface area contributed by atoms with Gasteiger partial charge in [-0.2, -0.15) is 0 Å². The summed E-state index contributed by atoms with van der Waals surface area (Å²) in [6.45, 7) is 4.27. The summed E-state index contributed by atoms with van der Waals surface area (Å²) in [7, 11) is 0. The van der Waals surface area contributed by atoms with Gasteiger partial charge in [-0.3, -0.25) is 0 Å². The highest BCUT2D eigenvalue weighted by Crippen LogP contribution is 2.24. The van der Waals surface area contributed by atoms with Crippen molar-refractivity contribution in [3.8, 4) is 0 Å². The molecule has 2 aliphatic rings. The number of rotatable bonds is 4. The second kappa shape index (κ2) is 7.79. The topological polar surface area (TPSA) is 59.6 Å². The van der Waals surface area contributed by atoms with Crippen molar-refractivity contribution >= 4 is 6.03 Å². The van der Waals surface area contributed by atoms with E-state index in [1.807, 2.05) is 6.92 Å². The molecule has 5 heteroatoms. The zero-order chi connectivity index (χ0) is 16.1. The second-order valence-corrected chi connectivity index (χ2v) is 6.38. The zero-order valence-electron chi connectivity index (χ0n) is 13.8. The van der Waals surface area contributed by atoms with Crippen LogP contribution in [0.3, 0.4) is 0 Å². The number of aryl methyl sites for hydroxylation is 2. The van der Waals surface area contributed by atoms with Crippen molar-refractivity contribution in [1.29, 1.82) is 0 Å². The second-order valence-electron chi connectivity index (χ2n) is 6.38. The number of nitrogens with one attached hydrogen (secondary N) is 2. The molecule has 0 spiro atoms. The maximum absolute atomic E-state index is 12.0. The minimum Gasteiger partial charge on any atom is -0.376 e. The van der Waals surface area contributed by atoms with Crippen molar-refractivity contribution in [2.75, 3.05) is 26.4 Å². The van der Waals surface area contributed by atoms with Crippen LogP contribution in [0.25, 0.3) is 0 Å². The minimum absolute atomic E-state index is 0.00856. The van der Waals surface area contributed by atoms with E-state index in [1.165, 1.54) is 30.4 Å². The Morgan fingerprint density at radius 1 is 1.26 bits per heavy atom. The number of hydrogen-bond acceptors (Lipinski definition) is 3. The Labute approximate surface area is 137 Å². The van der Waals surface area contributed by atoms with Crippen LogP contribution in [0.2, 0.25) is 0 Å². The van der Waals surface area contributed by atoms with Crippen LogP contribution in [0.15, 0.2) is 18.2 Å². The van der Waals surface area contributed by atoms with Crippen LogP contribution < -0.4 is 10.6 Å². The third kappa shape index (κ3) is 4.45. The first kappa shape index (κ1) is 16.3. The molecule has 126 valence electrons. The van der Waals surface area contributed by atoms with Crippen LogP contribution in [-0.2, 0) is 22.3 Å². The first-order valence-corrected chi connectivity index (χ1v) is 8.58. The van der Waals surface area contributed by atoms with Gasteiger partial charge >= 0.3 is 6.03 Å². The van der Waals surface area contributed by atoms with Crippen LogP contribution >= 0.6 is 0 Å². The van der Waals surface area contributed by atoms with Gasteiger partial charge in [0.15, 0.2) is 0 Å². The molecule has 0 saturated carbocycles. The molecule has 0 radical (unpaired) electrons. The third-order valence-corrected chi connectivity index (χ3v) is 4.60. The summed E-state index contributed by atoms with van der Waals surface area (Å²) in [5, 5.41) is 5.86. The van der Waals surface area contributed by atoms with E-state index in [0.29, 0.717) is 26.4 Å². The van der Waals surface area contributed by atoms with E-state index < -0.39 is 0 Å². The monoisotopic (exact) mass is 318 g/mol. The third-order valence-electron chi connectivity index (χ3n) is 4.60. The number of ether oxygens (including phenoxy) is 2. The Kier molecular flexibility index (Phi) is 5.51. The molecule has 1 aliphatic heterocycles. The van der Waals surface area contributed by atoms with E-state index in [1.54, 1.807) is 0 Å². The summed E-state index contributed by atoms with van der Waals surface area (Å²) in [6.07, 6.45) is 4.84. The number of amides is 2. The summed E-state index contributed by atoms with van der Waals surface area (Å²) in [5.74, 6) is 0. The van der Waals surface area contributed by atoms with Crippen molar-refractivity contribution in [1.82, 2.24) is 10.6 Å². The van der Waals surface area contributed by atoms with Gasteiger partial charge in [0.1, 0.15) is 0 Å². The van der Waals surface area contributed by atoms with Crippen LogP contribution in [0, 0.1) is 0 Å². The average Bonchev–Trinajstić information content (AvgIpc) is 2.60. The fraction of sp³-hybridized carbons (Fsp3) is 0.611. The van der Waals surface area contributed by atoms with Gasteiger partial charge in [-0.05, 0) is 49.3 Å². The van der Waals surface area contributed by atoms with Crippen molar-refractivity contribution < 1.29 is 14.3 Å². The Morgan fingerprint density at radius 2 is 2.09 bits per heavy atom. The van der Waals surface area contributed by atoms with Gasteiger partial charge < -0.3 is 20.1 Å². The van der Waals surface area contributed by atoms with E-state index in [4.69, 9.17) is 9.47 Å². The fourth-order valence-electron chi connectivity index (χ4n) is 3.21. The Hall–Kier alpha value is -1.59. The quantitative estimate of drug-likeness (QED) is 0.896. The molecule has 23 heavy (non-hydrogen) atoms. The van der Waals surface area contributed by atoms with Gasteiger partial charge in [-0.15, -0.1) is 0 Å². The van der Waals surface area contributed by atoms with Crippen molar-refractivity contribution in [2.24, 2.45) is 0 Å². The Bertz CT molecular complexity index is 541. The van der Waals surface area contributed by atoms with E-state index in [2.05, 4.69) is 28.8 Å². The molecular weight excluding hydrogens is 292 g/mol. The number of hydrogen-bond donors (Lipinski definition) is 2. The van der Waals surface area contributed by atoms with E-state index in [-0.39, 0.29) is 18.2 Å². The largest absolute Gasteiger partial charge is 0.376 e. The molecule has 0 unspecified atom stereocenters. The maximum atomic E-state index is 12.0. The normalized spacial score (nSPS) is 22.0. The number of fused-ring (bicyclic) bond motifs is 1. The summed E-state index contributed by atoms with van der Waals surface area (Å²) < 4.78 is 10.8. The molecular formula is C18H26N2O3. The molecule has 2 amide bonds. The zero-order valence-corrected chi connectivity index (χ0v) is 13.8. The molecule has 5 nitrogen and oxygen atoms in total. The highest BCUT2D eigenvalue weighted by atomic mass is 16.6. The fourth-order valence-corrected chi connectivity index (χ4v) is 3.21. The highest BCUT2D eigenvalue weighted by molar-refractivity contribution is 5.74. The number of urea groups is 1. The van der Waals surface area contributed by atoms with E-state index >= 15 is 0 Å². The van der Waals surface area contributed by atoms with Crippen LogP contribution in [0.5, 0.6) is 0 Å². The van der Waals surface area contributed by atoms with Gasteiger partial charge in [0.2, 0.25) is 0 Å². The molecule has 1 aliphatic carbocycles. The van der Waals surface area contributed by atoms with Gasteiger partial charge in [0, 0.05) is 6.54 Å². The Balaban J connectivity index is 1.49. The van der Waals surface area contributed by atoms with Gasteiger partial charge in [-0.25, -0.2) is 4.79 Å². The molecule has 3 rings (SSSR count). The summed E-state index contributed by atoms with van der Waals surface area (Å²) in [6, 6.07) is 6.42. The molecule has 1 aromatic rings. The first-order chi connectivity index (χ1) is 11.2. The minimum atomic E-state index is -0.163. The molecule has 1 fully saturated rings. The lowest BCUT2D eigenvalue weighted by molar-refractivity contribution is -0.0853. The number of carbonyl (C=O) groups excluding carboxylic acids is 1. The summed E-state index contributed by atoms with van der Waals surface area (Å²) in [5.41, 5.74) is 4.07. The van der Waals surface area contributed by atoms with Crippen molar-refractivity contribution in [3.05, 3.63) is 34.9 Å². The lowest BCUT2D eigenvalue weighted by atomic mass is 9.89. The SMILES string of the molecule is C[C@H](NC(=O)NC[C@H]1COCCO1)c1ccc2c(c1)CCCC2. The predicted octanol–water partition coefficient (Wildman–Crippen LogP) is 2.34. The molecule has 1 aromatic carbocycles. The average molecular weight is 318 g/mol. The van der Waals surface area contributed by atoms with Crippen molar-refractivity contribution in [2.45, 2.75) is 44.8 Å².